The topological polar surface area (TPSA) is 82.9 Å². The standard InChI is InChI=1S/C30H38N4O2/c35-29(33-31-21-23-15-17-25-9-7-11-27(25)19-23)13-5-3-1-2-4-6-14-30(36)34-32-22-24-16-18-26-10-8-12-28(26)20-24/h15-22H,1-14H2,(H,33,35)(H,34,36). The molecule has 0 atom stereocenters. The molecule has 6 nitrogen and oxygen atoms in total. The lowest BCUT2D eigenvalue weighted by molar-refractivity contribution is -0.122. The summed E-state index contributed by atoms with van der Waals surface area (Å²) in [4.78, 5) is 24.0. The Balaban J connectivity index is 0.984. The van der Waals surface area contributed by atoms with Crippen molar-refractivity contribution in [3.63, 3.8) is 0 Å². The Labute approximate surface area is 214 Å². The minimum absolute atomic E-state index is 0.0375. The third-order valence-electron chi connectivity index (χ3n) is 7.11. The zero-order valence-electron chi connectivity index (χ0n) is 21.2. The Morgan fingerprint density at radius 2 is 1.03 bits per heavy atom. The summed E-state index contributed by atoms with van der Waals surface area (Å²) < 4.78 is 0. The quantitative estimate of drug-likeness (QED) is 0.226. The predicted molar refractivity (Wildman–Crippen MR) is 145 cm³/mol. The monoisotopic (exact) mass is 486 g/mol. The van der Waals surface area contributed by atoms with Gasteiger partial charge in [-0.1, -0.05) is 49.9 Å². The number of aryl methyl sites for hydroxylation is 4. The number of hydrazone groups is 2. The number of hydrogen-bond acceptors (Lipinski definition) is 4. The maximum absolute atomic E-state index is 12.0. The molecule has 0 saturated carbocycles. The van der Waals surface area contributed by atoms with E-state index in [0.717, 1.165) is 62.5 Å². The van der Waals surface area contributed by atoms with Crippen LogP contribution in [0.3, 0.4) is 0 Å². The summed E-state index contributed by atoms with van der Waals surface area (Å²) >= 11 is 0. The normalized spacial score (nSPS) is 14.3. The highest BCUT2D eigenvalue weighted by Crippen LogP contribution is 2.23. The van der Waals surface area contributed by atoms with Crippen molar-refractivity contribution in [3.8, 4) is 0 Å². The third kappa shape index (κ3) is 8.14. The number of rotatable bonds is 13. The van der Waals surface area contributed by atoms with Crippen molar-refractivity contribution in [2.24, 2.45) is 10.2 Å². The van der Waals surface area contributed by atoms with Crippen LogP contribution in [0.25, 0.3) is 0 Å². The molecule has 2 amide bonds. The van der Waals surface area contributed by atoms with Gasteiger partial charge in [-0.25, -0.2) is 10.9 Å². The van der Waals surface area contributed by atoms with Gasteiger partial charge in [-0.05, 0) is 96.9 Å². The predicted octanol–water partition coefficient (Wildman–Crippen LogP) is 5.39. The molecule has 2 aliphatic carbocycles. The van der Waals surface area contributed by atoms with Crippen LogP contribution in [0.1, 0.15) is 97.6 Å². The van der Waals surface area contributed by atoms with Gasteiger partial charge in [0.15, 0.2) is 0 Å². The molecule has 6 heteroatoms. The van der Waals surface area contributed by atoms with Crippen molar-refractivity contribution in [3.05, 3.63) is 69.8 Å². The SMILES string of the molecule is O=C(CCCCCCCCC(=O)NN=Cc1ccc2c(c1)CCC2)NN=Cc1ccc2c(c1)CCC2. The van der Waals surface area contributed by atoms with Gasteiger partial charge in [-0.15, -0.1) is 0 Å². The van der Waals surface area contributed by atoms with E-state index < -0.39 is 0 Å². The van der Waals surface area contributed by atoms with Gasteiger partial charge in [0, 0.05) is 12.8 Å². The number of nitrogens with zero attached hydrogens (tertiary/aromatic N) is 2. The lowest BCUT2D eigenvalue weighted by Crippen LogP contribution is -2.17. The van der Waals surface area contributed by atoms with Crippen LogP contribution < -0.4 is 10.9 Å². The van der Waals surface area contributed by atoms with Gasteiger partial charge in [0.05, 0.1) is 12.4 Å². The molecular weight excluding hydrogens is 448 g/mol. The molecule has 36 heavy (non-hydrogen) atoms. The largest absolute Gasteiger partial charge is 0.273 e. The van der Waals surface area contributed by atoms with Crippen LogP contribution in [0.2, 0.25) is 0 Å². The Hall–Kier alpha value is -3.28. The molecule has 0 bridgehead atoms. The Kier molecular flexibility index (Phi) is 9.83. The molecule has 4 rings (SSSR count). The maximum Gasteiger partial charge on any atom is 0.240 e. The molecule has 0 fully saturated rings. The fraction of sp³-hybridized carbons (Fsp3) is 0.467. The molecule has 2 aromatic rings. The zero-order valence-corrected chi connectivity index (χ0v) is 21.2. The third-order valence-corrected chi connectivity index (χ3v) is 7.11. The number of hydrogen-bond donors (Lipinski definition) is 2. The zero-order chi connectivity index (χ0) is 25.0. The van der Waals surface area contributed by atoms with E-state index in [1.54, 1.807) is 12.4 Å². The summed E-state index contributed by atoms with van der Waals surface area (Å²) in [7, 11) is 0. The van der Waals surface area contributed by atoms with E-state index in [4.69, 9.17) is 0 Å². The molecule has 0 heterocycles. The molecule has 0 aromatic heterocycles. The number of unbranched alkanes of at least 4 members (excludes halogenated alkanes) is 5. The summed E-state index contributed by atoms with van der Waals surface area (Å²) in [6.45, 7) is 0. The average Bonchev–Trinajstić information content (AvgIpc) is 3.54. The van der Waals surface area contributed by atoms with E-state index >= 15 is 0 Å². The second-order valence-corrected chi connectivity index (χ2v) is 9.97. The highest BCUT2D eigenvalue weighted by atomic mass is 16.2. The average molecular weight is 487 g/mol. The van der Waals surface area contributed by atoms with Crippen molar-refractivity contribution < 1.29 is 9.59 Å². The van der Waals surface area contributed by atoms with E-state index in [0.29, 0.717) is 12.8 Å². The van der Waals surface area contributed by atoms with Gasteiger partial charge in [-0.3, -0.25) is 9.59 Å². The van der Waals surface area contributed by atoms with Crippen LogP contribution in [-0.4, -0.2) is 24.2 Å². The van der Waals surface area contributed by atoms with Gasteiger partial charge in [-0.2, -0.15) is 10.2 Å². The fourth-order valence-corrected chi connectivity index (χ4v) is 5.09. The molecule has 0 spiro atoms. The molecular formula is C30H38N4O2. The smallest absolute Gasteiger partial charge is 0.240 e. The highest BCUT2D eigenvalue weighted by Gasteiger charge is 2.11. The molecule has 190 valence electrons. The Morgan fingerprint density at radius 1 is 0.611 bits per heavy atom. The molecule has 2 aliphatic rings. The van der Waals surface area contributed by atoms with Crippen LogP contribution in [0.15, 0.2) is 46.6 Å². The van der Waals surface area contributed by atoms with Crippen LogP contribution in [0, 0.1) is 0 Å². The van der Waals surface area contributed by atoms with Crippen LogP contribution in [0.4, 0.5) is 0 Å². The first-order valence-corrected chi connectivity index (χ1v) is 13.5. The first-order chi connectivity index (χ1) is 17.7. The highest BCUT2D eigenvalue weighted by molar-refractivity contribution is 5.83. The van der Waals surface area contributed by atoms with Gasteiger partial charge in [0.2, 0.25) is 11.8 Å². The summed E-state index contributed by atoms with van der Waals surface area (Å²) in [6, 6.07) is 12.8. The number of carbonyl (C=O) groups is 2. The van der Waals surface area contributed by atoms with Gasteiger partial charge in [0.25, 0.3) is 0 Å². The second-order valence-electron chi connectivity index (χ2n) is 9.97. The van der Waals surface area contributed by atoms with Gasteiger partial charge < -0.3 is 0 Å². The molecule has 2 N–H and O–H groups in total. The van der Waals surface area contributed by atoms with E-state index in [-0.39, 0.29) is 11.8 Å². The minimum Gasteiger partial charge on any atom is -0.273 e. The van der Waals surface area contributed by atoms with Crippen molar-refractivity contribution in [1.82, 2.24) is 10.9 Å². The Morgan fingerprint density at radius 3 is 1.50 bits per heavy atom. The molecule has 0 unspecified atom stereocenters. The summed E-state index contributed by atoms with van der Waals surface area (Å²) in [5.41, 5.74) is 13.0. The Bertz CT molecular complexity index is 1020. The first-order valence-electron chi connectivity index (χ1n) is 13.5. The van der Waals surface area contributed by atoms with Crippen molar-refractivity contribution >= 4 is 24.2 Å². The van der Waals surface area contributed by atoms with E-state index in [1.807, 2.05) is 0 Å². The van der Waals surface area contributed by atoms with Gasteiger partial charge >= 0.3 is 0 Å². The summed E-state index contributed by atoms with van der Waals surface area (Å²) in [5.74, 6) is -0.0750. The van der Waals surface area contributed by atoms with Crippen molar-refractivity contribution in [1.29, 1.82) is 0 Å². The summed E-state index contributed by atoms with van der Waals surface area (Å²) in [5, 5.41) is 8.21. The fourth-order valence-electron chi connectivity index (χ4n) is 5.09. The number of amides is 2. The van der Waals surface area contributed by atoms with E-state index in [1.165, 1.54) is 47.9 Å². The number of nitrogens with one attached hydrogen (secondary N) is 2. The van der Waals surface area contributed by atoms with Crippen LogP contribution in [0.5, 0.6) is 0 Å². The molecule has 0 aliphatic heterocycles. The van der Waals surface area contributed by atoms with Crippen molar-refractivity contribution in [2.45, 2.75) is 89.9 Å². The molecule has 0 radical (unpaired) electrons. The number of fused-ring (bicyclic) bond motifs is 2. The number of carbonyl (C=O) groups excluding carboxylic acids is 2. The van der Waals surface area contributed by atoms with Crippen LogP contribution in [-0.2, 0) is 35.3 Å². The first kappa shape index (κ1) is 25.8. The lowest BCUT2D eigenvalue weighted by Gasteiger charge is -2.03. The molecule has 2 aromatic carbocycles. The lowest BCUT2D eigenvalue weighted by atomic mass is 10.1. The molecule has 0 saturated heterocycles. The second kappa shape index (κ2) is 13.7. The minimum atomic E-state index is -0.0375. The van der Waals surface area contributed by atoms with Crippen LogP contribution >= 0.6 is 0 Å². The summed E-state index contributed by atoms with van der Waals surface area (Å²) in [6.07, 6.45) is 17.4. The number of benzene rings is 2. The van der Waals surface area contributed by atoms with E-state index in [9.17, 15) is 9.59 Å². The van der Waals surface area contributed by atoms with Crippen molar-refractivity contribution in [2.75, 3.05) is 0 Å². The van der Waals surface area contributed by atoms with Gasteiger partial charge in [0.1, 0.15) is 0 Å². The van der Waals surface area contributed by atoms with E-state index in [2.05, 4.69) is 57.5 Å². The maximum atomic E-state index is 12.0.